The third kappa shape index (κ3) is 7.75. The molecule has 2 saturated carbocycles. The lowest BCUT2D eigenvalue weighted by atomic mass is 9.87. The first-order valence-electron chi connectivity index (χ1n) is 16.1. The van der Waals surface area contributed by atoms with Gasteiger partial charge in [0, 0.05) is 17.3 Å². The summed E-state index contributed by atoms with van der Waals surface area (Å²) in [6.45, 7) is 5.49. The van der Waals surface area contributed by atoms with Crippen molar-refractivity contribution >= 4 is 39.8 Å². The highest BCUT2D eigenvalue weighted by Crippen LogP contribution is 2.45. The molecule has 0 spiro atoms. The van der Waals surface area contributed by atoms with Crippen molar-refractivity contribution in [1.82, 2.24) is 37.0 Å². The molecule has 246 valence electrons. The molecule has 4 fully saturated rings. The number of carbonyl (C=O) groups excluding carboxylic acids is 3. The third-order valence-electron chi connectivity index (χ3n) is 9.43. The summed E-state index contributed by atoms with van der Waals surface area (Å²) in [5.41, 5.74) is 7.92. The van der Waals surface area contributed by atoms with Crippen molar-refractivity contribution in [3.63, 3.8) is 0 Å². The van der Waals surface area contributed by atoms with Crippen LogP contribution in [0.3, 0.4) is 0 Å². The Balaban J connectivity index is 1.37. The molecule has 5 rings (SSSR count). The summed E-state index contributed by atoms with van der Waals surface area (Å²) < 4.78 is 5.47. The highest BCUT2D eigenvalue weighted by molar-refractivity contribution is 9.09. The Hall–Kier alpha value is -2.26. The van der Waals surface area contributed by atoms with E-state index in [1.807, 2.05) is 17.3 Å². The van der Waals surface area contributed by atoms with Crippen LogP contribution >= 0.6 is 15.9 Å². The summed E-state index contributed by atoms with van der Waals surface area (Å²) in [6, 6.07) is -2.08. The number of hydrogen-bond acceptors (Lipinski definition) is 9. The molecule has 14 heteroatoms. The third-order valence-corrected chi connectivity index (χ3v) is 10.3. The number of hydrazine groups is 3. The molecule has 2 saturated heterocycles. The standard InChI is InChI=1S/C30H48BrN7O6/c1-29(2,3)44-28(43)32-22-13-8-6-4-5-7-11-19-16-30(19,27(41)42)33-25(39)23-15-21(17-37(23)26(22)40)38-35-24(34-36-38)18-10-9-12-20(31)14-18/h7,11,18-24,34-36H,4-6,8-10,12-17H2,1-3H3,(H,32,43)(H,33,39)(H,41,42)/b11-7-/t18?,19-,20?,21-,22+,23+,24?,30-/m1/s1. The predicted molar refractivity (Wildman–Crippen MR) is 166 cm³/mol. The molecular weight excluding hydrogens is 634 g/mol. The summed E-state index contributed by atoms with van der Waals surface area (Å²) in [5, 5.41) is 17.5. The zero-order valence-electron chi connectivity index (χ0n) is 25.9. The summed E-state index contributed by atoms with van der Waals surface area (Å²) in [4.78, 5) is 55.2. The van der Waals surface area contributed by atoms with Crippen LogP contribution < -0.4 is 27.0 Å². The Labute approximate surface area is 267 Å². The Bertz CT molecular complexity index is 1130. The Morgan fingerprint density at radius 2 is 1.91 bits per heavy atom. The molecule has 2 aliphatic carbocycles. The summed E-state index contributed by atoms with van der Waals surface area (Å²) >= 11 is 3.76. The topological polar surface area (TPSA) is 164 Å². The van der Waals surface area contributed by atoms with Gasteiger partial charge in [0.15, 0.2) is 0 Å². The zero-order valence-corrected chi connectivity index (χ0v) is 27.5. The number of amides is 3. The number of carboxylic acid groups (broad SMARTS) is 1. The molecule has 0 bridgehead atoms. The van der Waals surface area contributed by atoms with Gasteiger partial charge >= 0.3 is 12.1 Å². The number of hydrogen-bond donors (Lipinski definition) is 6. The molecule has 6 N–H and O–H groups in total. The Kier molecular flexibility index (Phi) is 10.2. The van der Waals surface area contributed by atoms with E-state index < -0.39 is 41.2 Å². The first-order valence-corrected chi connectivity index (χ1v) is 17.0. The lowest BCUT2D eigenvalue weighted by Gasteiger charge is -2.31. The number of aliphatic carboxylic acids is 1. The molecule has 3 heterocycles. The van der Waals surface area contributed by atoms with Crippen LogP contribution in [0.4, 0.5) is 4.79 Å². The van der Waals surface area contributed by atoms with Crippen molar-refractivity contribution in [2.45, 2.75) is 132 Å². The molecule has 8 atom stereocenters. The molecule has 3 amide bonds. The lowest BCUT2D eigenvalue weighted by Crippen LogP contribution is -2.56. The van der Waals surface area contributed by atoms with E-state index >= 15 is 0 Å². The van der Waals surface area contributed by atoms with E-state index in [1.165, 1.54) is 4.90 Å². The minimum absolute atomic E-state index is 0.00575. The summed E-state index contributed by atoms with van der Waals surface area (Å²) in [5.74, 6) is -1.84. The highest BCUT2D eigenvalue weighted by atomic mass is 79.9. The fraction of sp³-hybridized carbons (Fsp3) is 0.800. The van der Waals surface area contributed by atoms with E-state index in [0.29, 0.717) is 30.0 Å². The van der Waals surface area contributed by atoms with Gasteiger partial charge in [0.25, 0.3) is 0 Å². The molecule has 0 radical (unpaired) electrons. The minimum atomic E-state index is -1.38. The van der Waals surface area contributed by atoms with Gasteiger partial charge < -0.3 is 25.4 Å². The van der Waals surface area contributed by atoms with Crippen molar-refractivity contribution in [2.24, 2.45) is 11.8 Å². The van der Waals surface area contributed by atoms with E-state index in [-0.39, 0.29) is 37.0 Å². The average Bonchev–Trinajstić information content (AvgIpc) is 3.27. The van der Waals surface area contributed by atoms with E-state index in [1.54, 1.807) is 20.8 Å². The van der Waals surface area contributed by atoms with Gasteiger partial charge in [-0.25, -0.2) is 20.4 Å². The highest BCUT2D eigenvalue weighted by Gasteiger charge is 2.61. The average molecular weight is 683 g/mol. The molecule has 0 aromatic rings. The smallest absolute Gasteiger partial charge is 0.408 e. The number of allylic oxidation sites excluding steroid dienone is 1. The van der Waals surface area contributed by atoms with Gasteiger partial charge in [0.05, 0.1) is 12.2 Å². The van der Waals surface area contributed by atoms with E-state index in [4.69, 9.17) is 4.74 Å². The molecule has 3 unspecified atom stereocenters. The Morgan fingerprint density at radius 3 is 2.64 bits per heavy atom. The fourth-order valence-electron chi connectivity index (χ4n) is 6.96. The molecular formula is C30H48BrN7O6. The van der Waals surface area contributed by atoms with Crippen molar-refractivity contribution in [3.05, 3.63) is 12.2 Å². The summed E-state index contributed by atoms with van der Waals surface area (Å²) in [7, 11) is 0. The molecule has 5 aliphatic rings. The monoisotopic (exact) mass is 681 g/mol. The van der Waals surface area contributed by atoms with Crippen molar-refractivity contribution in [3.8, 4) is 0 Å². The van der Waals surface area contributed by atoms with Crippen molar-refractivity contribution in [2.75, 3.05) is 6.54 Å². The molecule has 13 nitrogen and oxygen atoms in total. The second kappa shape index (κ2) is 13.6. The quantitative estimate of drug-likeness (QED) is 0.192. The van der Waals surface area contributed by atoms with Gasteiger partial charge in [-0.1, -0.05) is 47.3 Å². The molecule has 44 heavy (non-hydrogen) atoms. The number of fused-ring (bicyclic) bond motifs is 2. The number of rotatable bonds is 4. The van der Waals surface area contributed by atoms with Crippen LogP contribution in [0.1, 0.15) is 91.4 Å². The van der Waals surface area contributed by atoms with Crippen LogP contribution in [-0.4, -0.2) is 85.8 Å². The fourth-order valence-corrected chi connectivity index (χ4v) is 7.76. The normalized spacial score (nSPS) is 38.0. The zero-order chi connectivity index (χ0) is 31.6. The van der Waals surface area contributed by atoms with Crippen LogP contribution in [0.25, 0.3) is 0 Å². The predicted octanol–water partition coefficient (Wildman–Crippen LogP) is 2.44. The van der Waals surface area contributed by atoms with Crippen LogP contribution in [0.2, 0.25) is 0 Å². The second-order valence-corrected chi connectivity index (χ2v) is 15.3. The first-order chi connectivity index (χ1) is 20.9. The summed E-state index contributed by atoms with van der Waals surface area (Å²) in [6.07, 6.45) is 11.8. The number of nitrogens with zero attached hydrogens (tertiary/aromatic N) is 2. The van der Waals surface area contributed by atoms with Crippen LogP contribution in [0.15, 0.2) is 12.2 Å². The lowest BCUT2D eigenvalue weighted by molar-refractivity contribution is -0.145. The van der Waals surface area contributed by atoms with Gasteiger partial charge in [-0.2, -0.15) is 10.7 Å². The van der Waals surface area contributed by atoms with Gasteiger partial charge in [-0.3, -0.25) is 9.59 Å². The minimum Gasteiger partial charge on any atom is -0.479 e. The maximum atomic E-state index is 14.2. The number of alkyl halides is 1. The molecule has 3 aliphatic heterocycles. The van der Waals surface area contributed by atoms with Gasteiger partial charge in [0.2, 0.25) is 11.8 Å². The number of ether oxygens (including phenoxy) is 1. The number of alkyl carbamates (subject to hydrolysis) is 1. The van der Waals surface area contributed by atoms with E-state index in [2.05, 4.69) is 42.9 Å². The van der Waals surface area contributed by atoms with Crippen molar-refractivity contribution < 1.29 is 29.0 Å². The number of carbonyl (C=O) groups is 4. The molecule has 0 aromatic heterocycles. The van der Waals surface area contributed by atoms with E-state index in [0.717, 1.165) is 44.9 Å². The van der Waals surface area contributed by atoms with Crippen LogP contribution in [0, 0.1) is 11.8 Å². The van der Waals surface area contributed by atoms with Crippen molar-refractivity contribution in [1.29, 1.82) is 0 Å². The second-order valence-electron chi connectivity index (χ2n) is 14.0. The first kappa shape index (κ1) is 33.1. The largest absolute Gasteiger partial charge is 0.479 e. The SMILES string of the molecule is CC(C)(C)OC(=O)N[C@H]1CCCCC/C=C\[C@@H]2C[C@@]2(C(=O)O)NC(=O)[C@@H]2C[C@@H](N3NNC(C4CCCC(Br)C4)N3)CN2C1=O. The number of carboxylic acids is 1. The maximum Gasteiger partial charge on any atom is 0.408 e. The van der Waals surface area contributed by atoms with Gasteiger partial charge in [-0.05, 0) is 78.1 Å². The van der Waals surface area contributed by atoms with Gasteiger partial charge in [0.1, 0.15) is 23.2 Å². The number of nitrogens with one attached hydrogen (secondary N) is 5. The van der Waals surface area contributed by atoms with Crippen LogP contribution in [-0.2, 0) is 19.1 Å². The number of halogens is 1. The Morgan fingerprint density at radius 1 is 1.11 bits per heavy atom. The van der Waals surface area contributed by atoms with Gasteiger partial charge in [-0.15, -0.1) is 0 Å². The van der Waals surface area contributed by atoms with E-state index in [9.17, 15) is 24.3 Å². The maximum absolute atomic E-state index is 14.2. The van der Waals surface area contributed by atoms with Crippen LogP contribution in [0.5, 0.6) is 0 Å². The molecule has 0 aromatic carbocycles.